The van der Waals surface area contributed by atoms with Crippen molar-refractivity contribution in [2.24, 2.45) is 0 Å². The minimum absolute atomic E-state index is 0.0540. The van der Waals surface area contributed by atoms with Crippen molar-refractivity contribution in [3.8, 4) is 5.75 Å². The summed E-state index contributed by atoms with van der Waals surface area (Å²) in [5, 5.41) is 13.6. The van der Waals surface area contributed by atoms with E-state index in [1.54, 1.807) is 0 Å². The fourth-order valence-corrected chi connectivity index (χ4v) is 2.03. The molecule has 1 aliphatic rings. The highest BCUT2D eigenvalue weighted by Crippen LogP contribution is 2.29. The van der Waals surface area contributed by atoms with Gasteiger partial charge in [-0.2, -0.15) is 0 Å². The van der Waals surface area contributed by atoms with Gasteiger partial charge in [0.1, 0.15) is 6.29 Å². The SMILES string of the molecule is O=Cc1ccc([N+](=O)[O-])c(OC2CCCCNC2=O)c1. The quantitative estimate of drug-likeness (QED) is 0.510. The summed E-state index contributed by atoms with van der Waals surface area (Å²) in [6, 6.07) is 3.82. The lowest BCUT2D eigenvalue weighted by Gasteiger charge is -2.15. The number of nitro benzene ring substituents is 1. The van der Waals surface area contributed by atoms with Crippen LogP contribution >= 0.6 is 0 Å². The number of nitro groups is 1. The van der Waals surface area contributed by atoms with Crippen molar-refractivity contribution in [1.29, 1.82) is 0 Å². The Bertz CT molecular complexity index is 544. The Kier molecular flexibility index (Phi) is 4.29. The monoisotopic (exact) mass is 278 g/mol. The van der Waals surface area contributed by atoms with E-state index in [1.807, 2.05) is 0 Å². The molecule has 1 aromatic rings. The van der Waals surface area contributed by atoms with E-state index >= 15 is 0 Å². The van der Waals surface area contributed by atoms with Crippen LogP contribution in [-0.4, -0.2) is 29.8 Å². The van der Waals surface area contributed by atoms with E-state index in [0.29, 0.717) is 19.3 Å². The predicted molar refractivity (Wildman–Crippen MR) is 69.8 cm³/mol. The summed E-state index contributed by atoms with van der Waals surface area (Å²) in [6.07, 6.45) is 1.95. The normalized spacial score (nSPS) is 18.8. The van der Waals surface area contributed by atoms with Crippen LogP contribution in [0.1, 0.15) is 29.6 Å². The summed E-state index contributed by atoms with van der Waals surface area (Å²) >= 11 is 0. The number of nitrogens with one attached hydrogen (secondary N) is 1. The smallest absolute Gasteiger partial charge is 0.310 e. The summed E-state index contributed by atoms with van der Waals surface area (Å²) in [5.41, 5.74) is 0.00674. The van der Waals surface area contributed by atoms with Gasteiger partial charge in [0.15, 0.2) is 11.9 Å². The van der Waals surface area contributed by atoms with Gasteiger partial charge in [0, 0.05) is 18.2 Å². The standard InChI is InChI=1S/C13H14N2O5/c16-8-9-4-5-10(15(18)19)12(7-9)20-11-3-1-2-6-14-13(11)17/h4-5,7-8,11H,1-3,6H2,(H,14,17). The second-order valence-electron chi connectivity index (χ2n) is 4.50. The van der Waals surface area contributed by atoms with Crippen LogP contribution in [-0.2, 0) is 4.79 Å². The van der Waals surface area contributed by atoms with Gasteiger partial charge in [-0.25, -0.2) is 0 Å². The minimum atomic E-state index is -0.766. The van der Waals surface area contributed by atoms with Crippen molar-refractivity contribution in [1.82, 2.24) is 5.32 Å². The second-order valence-corrected chi connectivity index (χ2v) is 4.50. The van der Waals surface area contributed by atoms with Crippen LogP contribution in [0.2, 0.25) is 0 Å². The number of nitrogens with zero attached hydrogens (tertiary/aromatic N) is 1. The first kappa shape index (κ1) is 14.0. The van der Waals surface area contributed by atoms with Gasteiger partial charge in [-0.3, -0.25) is 19.7 Å². The number of amides is 1. The molecule has 1 aliphatic heterocycles. The first-order valence-corrected chi connectivity index (χ1v) is 6.30. The van der Waals surface area contributed by atoms with Crippen LogP contribution in [0.4, 0.5) is 5.69 Å². The molecule has 1 aromatic carbocycles. The van der Waals surface area contributed by atoms with Gasteiger partial charge < -0.3 is 10.1 Å². The molecule has 0 saturated carbocycles. The average molecular weight is 278 g/mol. The molecule has 7 nitrogen and oxygen atoms in total. The van der Waals surface area contributed by atoms with E-state index in [0.717, 1.165) is 12.8 Å². The zero-order valence-electron chi connectivity index (χ0n) is 10.7. The lowest BCUT2D eigenvalue weighted by Crippen LogP contribution is -2.36. The third-order valence-electron chi connectivity index (χ3n) is 3.07. The molecule has 1 atom stereocenters. The first-order chi connectivity index (χ1) is 9.61. The topological polar surface area (TPSA) is 98.5 Å². The Morgan fingerprint density at radius 2 is 2.20 bits per heavy atom. The summed E-state index contributed by atoms with van der Waals surface area (Å²) < 4.78 is 5.47. The molecule has 1 N–H and O–H groups in total. The second kappa shape index (κ2) is 6.14. The maximum absolute atomic E-state index is 11.8. The van der Waals surface area contributed by atoms with Gasteiger partial charge in [0.25, 0.3) is 5.91 Å². The summed E-state index contributed by atoms with van der Waals surface area (Å²) in [7, 11) is 0. The highest BCUT2D eigenvalue weighted by atomic mass is 16.6. The van der Waals surface area contributed by atoms with E-state index in [4.69, 9.17) is 4.74 Å². The molecule has 1 amide bonds. The number of rotatable bonds is 4. The van der Waals surface area contributed by atoms with Crippen LogP contribution in [0.15, 0.2) is 18.2 Å². The highest BCUT2D eigenvalue weighted by molar-refractivity contribution is 5.82. The molecule has 20 heavy (non-hydrogen) atoms. The molecule has 0 aliphatic carbocycles. The van der Waals surface area contributed by atoms with Crippen LogP contribution in [0.5, 0.6) is 5.75 Å². The van der Waals surface area contributed by atoms with Crippen LogP contribution in [0.25, 0.3) is 0 Å². The van der Waals surface area contributed by atoms with Gasteiger partial charge in [-0.15, -0.1) is 0 Å². The van der Waals surface area contributed by atoms with Crippen LogP contribution in [0, 0.1) is 10.1 Å². The van der Waals surface area contributed by atoms with Crippen molar-refractivity contribution < 1.29 is 19.2 Å². The number of carbonyl (C=O) groups is 2. The third-order valence-corrected chi connectivity index (χ3v) is 3.07. The molecule has 1 saturated heterocycles. The molecule has 7 heteroatoms. The molecule has 1 fully saturated rings. The number of hydrogen-bond acceptors (Lipinski definition) is 5. The molecule has 0 aromatic heterocycles. The van der Waals surface area contributed by atoms with E-state index < -0.39 is 11.0 Å². The van der Waals surface area contributed by atoms with Crippen molar-refractivity contribution in [2.75, 3.05) is 6.54 Å². The third kappa shape index (κ3) is 3.11. The van der Waals surface area contributed by atoms with E-state index in [2.05, 4.69) is 5.32 Å². The number of carbonyl (C=O) groups excluding carboxylic acids is 2. The molecular weight excluding hydrogens is 264 g/mol. The Morgan fingerprint density at radius 3 is 2.90 bits per heavy atom. The summed E-state index contributed by atoms with van der Waals surface area (Å²) in [6.45, 7) is 0.579. The number of aldehydes is 1. The lowest BCUT2D eigenvalue weighted by atomic mass is 10.1. The zero-order valence-corrected chi connectivity index (χ0v) is 10.7. The molecular formula is C13H14N2O5. The van der Waals surface area contributed by atoms with Gasteiger partial charge in [-0.05, 0) is 31.4 Å². The molecule has 0 radical (unpaired) electrons. The predicted octanol–water partition coefficient (Wildman–Crippen LogP) is 1.45. The molecule has 0 bridgehead atoms. The fraction of sp³-hybridized carbons (Fsp3) is 0.385. The summed E-state index contributed by atoms with van der Waals surface area (Å²) in [5.74, 6) is -0.338. The Hall–Kier alpha value is -2.44. The Morgan fingerprint density at radius 1 is 1.40 bits per heavy atom. The van der Waals surface area contributed by atoms with Crippen molar-refractivity contribution >= 4 is 17.9 Å². The maximum Gasteiger partial charge on any atom is 0.310 e. The average Bonchev–Trinajstić information content (AvgIpc) is 2.64. The van der Waals surface area contributed by atoms with Gasteiger partial charge in [-0.1, -0.05) is 0 Å². The summed E-state index contributed by atoms with van der Waals surface area (Å²) in [4.78, 5) is 32.9. The largest absolute Gasteiger partial charge is 0.473 e. The Balaban J connectivity index is 2.28. The first-order valence-electron chi connectivity index (χ1n) is 6.30. The number of ether oxygens (including phenoxy) is 1. The van der Waals surface area contributed by atoms with Crippen molar-refractivity contribution in [3.63, 3.8) is 0 Å². The van der Waals surface area contributed by atoms with Gasteiger partial charge in [0.05, 0.1) is 4.92 Å². The van der Waals surface area contributed by atoms with Crippen molar-refractivity contribution in [3.05, 3.63) is 33.9 Å². The molecule has 106 valence electrons. The molecule has 1 unspecified atom stereocenters. The zero-order chi connectivity index (χ0) is 14.5. The minimum Gasteiger partial charge on any atom is -0.473 e. The van der Waals surface area contributed by atoms with Gasteiger partial charge >= 0.3 is 5.69 Å². The van der Waals surface area contributed by atoms with E-state index in [1.165, 1.54) is 18.2 Å². The highest BCUT2D eigenvalue weighted by Gasteiger charge is 2.26. The van der Waals surface area contributed by atoms with Crippen LogP contribution in [0.3, 0.4) is 0 Å². The van der Waals surface area contributed by atoms with E-state index in [-0.39, 0.29) is 22.9 Å². The van der Waals surface area contributed by atoms with Gasteiger partial charge in [0.2, 0.25) is 0 Å². The number of benzene rings is 1. The van der Waals surface area contributed by atoms with Crippen LogP contribution < -0.4 is 10.1 Å². The molecule has 2 rings (SSSR count). The number of hydrogen-bond donors (Lipinski definition) is 1. The Labute approximate surface area is 115 Å². The van der Waals surface area contributed by atoms with Crippen molar-refractivity contribution in [2.45, 2.75) is 25.4 Å². The molecule has 0 spiro atoms. The molecule has 1 heterocycles. The lowest BCUT2D eigenvalue weighted by molar-refractivity contribution is -0.386. The fourth-order valence-electron chi connectivity index (χ4n) is 2.03. The van der Waals surface area contributed by atoms with E-state index in [9.17, 15) is 19.7 Å². The maximum atomic E-state index is 11.8.